The summed E-state index contributed by atoms with van der Waals surface area (Å²) in [6.45, 7) is 1.13. The molecule has 0 radical (unpaired) electrons. The molecule has 138 valence electrons. The summed E-state index contributed by atoms with van der Waals surface area (Å²) >= 11 is 6.02. The Bertz CT molecular complexity index is 862. The van der Waals surface area contributed by atoms with Crippen LogP contribution in [0.4, 0.5) is 0 Å². The number of nitrogens with zero attached hydrogens (tertiary/aromatic N) is 3. The smallest absolute Gasteiger partial charge is 0.233 e. The lowest BCUT2D eigenvalue weighted by molar-refractivity contribution is -0.146. The minimum absolute atomic E-state index is 0.0574. The van der Waals surface area contributed by atoms with Crippen LogP contribution in [0.2, 0.25) is 5.02 Å². The summed E-state index contributed by atoms with van der Waals surface area (Å²) in [6, 6.07) is 13.1. The van der Waals surface area contributed by atoms with Crippen molar-refractivity contribution in [2.75, 3.05) is 13.1 Å². The van der Waals surface area contributed by atoms with E-state index >= 15 is 0 Å². The number of carbonyl (C=O) groups is 1. The number of likely N-dealkylation sites (tertiary alicyclic amines) is 1. The summed E-state index contributed by atoms with van der Waals surface area (Å²) in [7, 11) is 0. The third-order valence-corrected chi connectivity index (χ3v) is 5.80. The molecule has 2 heterocycles. The predicted molar refractivity (Wildman–Crippen MR) is 102 cm³/mol. The van der Waals surface area contributed by atoms with E-state index in [2.05, 4.69) is 4.98 Å². The van der Waals surface area contributed by atoms with Crippen molar-refractivity contribution < 1.29 is 9.53 Å². The molecule has 1 saturated heterocycles. The molecule has 2 aliphatic rings. The summed E-state index contributed by atoms with van der Waals surface area (Å²) in [5.41, 5.74) is 1.13. The van der Waals surface area contributed by atoms with Gasteiger partial charge in [-0.2, -0.15) is 5.26 Å². The van der Waals surface area contributed by atoms with E-state index in [0.717, 1.165) is 31.2 Å². The van der Waals surface area contributed by atoms with Gasteiger partial charge in [0.2, 0.25) is 11.8 Å². The number of aromatic nitrogens is 1. The molecule has 0 bridgehead atoms. The third-order valence-electron chi connectivity index (χ3n) is 5.55. The molecule has 0 spiro atoms. The molecule has 1 amide bonds. The fourth-order valence-electron chi connectivity index (χ4n) is 4.04. The second-order valence-electron chi connectivity index (χ2n) is 7.24. The first kappa shape index (κ1) is 17.8. The number of ether oxygens (including phenoxy) is 1. The zero-order chi connectivity index (χ0) is 18.9. The third kappa shape index (κ3) is 3.38. The Labute approximate surface area is 163 Å². The minimum Gasteiger partial charge on any atom is -0.471 e. The molecule has 1 aliphatic heterocycles. The number of halogens is 1. The van der Waals surface area contributed by atoms with E-state index in [1.807, 2.05) is 35.2 Å². The van der Waals surface area contributed by atoms with Gasteiger partial charge in [-0.15, -0.1) is 0 Å². The lowest BCUT2D eigenvalue weighted by atomic mass is 9.77. The van der Waals surface area contributed by atoms with Crippen molar-refractivity contribution in [3.63, 3.8) is 0 Å². The van der Waals surface area contributed by atoms with Crippen molar-refractivity contribution in [3.05, 3.63) is 58.7 Å². The Morgan fingerprint density at radius 2 is 1.89 bits per heavy atom. The van der Waals surface area contributed by atoms with E-state index in [-0.39, 0.29) is 12.0 Å². The molecule has 0 N–H and O–H groups in total. The van der Waals surface area contributed by atoms with E-state index in [1.54, 1.807) is 12.1 Å². The van der Waals surface area contributed by atoms with Crippen LogP contribution >= 0.6 is 11.6 Å². The maximum absolute atomic E-state index is 13.3. The van der Waals surface area contributed by atoms with Gasteiger partial charge in [0.1, 0.15) is 12.2 Å². The normalized spacial score (nSPS) is 18.6. The van der Waals surface area contributed by atoms with Crippen LogP contribution in [-0.2, 0) is 10.2 Å². The molecule has 2 aromatic rings. The first-order valence-electron chi connectivity index (χ1n) is 9.19. The summed E-state index contributed by atoms with van der Waals surface area (Å²) in [5.74, 6) is 0.675. The molecule has 5 nitrogen and oxygen atoms in total. The van der Waals surface area contributed by atoms with Crippen molar-refractivity contribution >= 4 is 17.5 Å². The van der Waals surface area contributed by atoms with Crippen LogP contribution in [-0.4, -0.2) is 35.0 Å². The Morgan fingerprint density at radius 3 is 2.48 bits per heavy atom. The van der Waals surface area contributed by atoms with Crippen molar-refractivity contribution in [1.82, 2.24) is 9.88 Å². The molecule has 2 fully saturated rings. The van der Waals surface area contributed by atoms with Gasteiger partial charge in [0.25, 0.3) is 0 Å². The molecule has 27 heavy (non-hydrogen) atoms. The second kappa shape index (κ2) is 7.21. The number of benzene rings is 1. The molecular formula is C21H20ClN3O2. The Kier molecular flexibility index (Phi) is 4.75. The quantitative estimate of drug-likeness (QED) is 0.809. The molecule has 1 saturated carbocycles. The number of nitriles is 1. The van der Waals surface area contributed by atoms with Crippen LogP contribution in [0, 0.1) is 11.3 Å². The summed E-state index contributed by atoms with van der Waals surface area (Å²) in [5, 5.41) is 9.51. The number of hydrogen-bond acceptors (Lipinski definition) is 4. The lowest BCUT2D eigenvalue weighted by Gasteiger charge is -2.43. The van der Waals surface area contributed by atoms with Crippen molar-refractivity contribution in [1.29, 1.82) is 5.26 Å². The van der Waals surface area contributed by atoms with Gasteiger partial charge in [0.15, 0.2) is 0 Å². The van der Waals surface area contributed by atoms with Crippen LogP contribution in [0.15, 0.2) is 42.6 Å². The van der Waals surface area contributed by atoms with Gasteiger partial charge in [-0.1, -0.05) is 36.6 Å². The van der Waals surface area contributed by atoms with Crippen LogP contribution in [0.3, 0.4) is 0 Å². The first-order valence-corrected chi connectivity index (χ1v) is 9.57. The fraction of sp³-hybridized carbons (Fsp3) is 0.381. The first-order chi connectivity index (χ1) is 13.1. The number of hydrogen-bond donors (Lipinski definition) is 0. The molecule has 0 unspecified atom stereocenters. The second-order valence-corrected chi connectivity index (χ2v) is 7.68. The monoisotopic (exact) mass is 381 g/mol. The number of carbonyl (C=O) groups excluding carboxylic acids is 1. The van der Waals surface area contributed by atoms with Crippen molar-refractivity contribution in [3.8, 4) is 11.9 Å². The van der Waals surface area contributed by atoms with E-state index < -0.39 is 5.41 Å². The largest absolute Gasteiger partial charge is 0.471 e. The number of rotatable bonds is 4. The number of pyridine rings is 1. The zero-order valence-electron chi connectivity index (χ0n) is 14.9. The highest BCUT2D eigenvalue weighted by Gasteiger charge is 2.48. The van der Waals surface area contributed by atoms with Gasteiger partial charge in [0.05, 0.1) is 24.1 Å². The highest BCUT2D eigenvalue weighted by molar-refractivity contribution is 6.30. The van der Waals surface area contributed by atoms with Crippen LogP contribution < -0.4 is 4.74 Å². The van der Waals surface area contributed by atoms with Crippen molar-refractivity contribution in [2.45, 2.75) is 37.2 Å². The summed E-state index contributed by atoms with van der Waals surface area (Å²) in [6.07, 6.45) is 5.33. The Balaban J connectivity index is 1.42. The molecule has 1 aromatic carbocycles. The van der Waals surface area contributed by atoms with Crippen LogP contribution in [0.25, 0.3) is 0 Å². The predicted octanol–water partition coefficient (Wildman–Crippen LogP) is 3.71. The highest BCUT2D eigenvalue weighted by atomic mass is 35.5. The minimum atomic E-state index is -0.428. The van der Waals surface area contributed by atoms with Gasteiger partial charge in [-0.05, 0) is 36.6 Å². The van der Waals surface area contributed by atoms with E-state index in [0.29, 0.717) is 29.6 Å². The molecule has 1 aromatic heterocycles. The molecule has 1 aliphatic carbocycles. The average Bonchev–Trinajstić information content (AvgIpc) is 3.16. The van der Waals surface area contributed by atoms with Gasteiger partial charge in [-0.25, -0.2) is 4.98 Å². The Morgan fingerprint density at radius 1 is 1.19 bits per heavy atom. The SMILES string of the molecule is N#Cc1ccc(OC2CN(C(=O)C3(c4ccc(Cl)cc4)CCCC3)C2)nc1. The van der Waals surface area contributed by atoms with Gasteiger partial charge < -0.3 is 9.64 Å². The Hall–Kier alpha value is -2.58. The molecular weight excluding hydrogens is 362 g/mol. The molecule has 4 rings (SSSR count). The summed E-state index contributed by atoms with van der Waals surface area (Å²) in [4.78, 5) is 19.3. The zero-order valence-corrected chi connectivity index (χ0v) is 15.7. The maximum atomic E-state index is 13.3. The molecule has 0 atom stereocenters. The number of amides is 1. The van der Waals surface area contributed by atoms with E-state index in [4.69, 9.17) is 21.6 Å². The average molecular weight is 382 g/mol. The molecule has 6 heteroatoms. The van der Waals surface area contributed by atoms with Gasteiger partial charge >= 0.3 is 0 Å². The van der Waals surface area contributed by atoms with Crippen LogP contribution in [0.5, 0.6) is 5.88 Å². The van der Waals surface area contributed by atoms with Gasteiger partial charge in [-0.3, -0.25) is 4.79 Å². The highest BCUT2D eigenvalue weighted by Crippen LogP contribution is 2.43. The standard InChI is InChI=1S/C21H20ClN3O2/c22-17-6-4-16(5-7-17)21(9-1-2-10-21)20(26)25-13-18(14-25)27-19-8-3-15(11-23)12-24-19/h3-8,12,18H,1-2,9-10,13-14H2. The maximum Gasteiger partial charge on any atom is 0.233 e. The topological polar surface area (TPSA) is 66.2 Å². The van der Waals surface area contributed by atoms with Crippen LogP contribution in [0.1, 0.15) is 36.8 Å². The fourth-order valence-corrected chi connectivity index (χ4v) is 4.17. The lowest BCUT2D eigenvalue weighted by Crippen LogP contribution is -2.60. The summed E-state index contributed by atoms with van der Waals surface area (Å²) < 4.78 is 5.82. The van der Waals surface area contributed by atoms with Gasteiger partial charge in [0, 0.05) is 17.3 Å². The van der Waals surface area contributed by atoms with E-state index in [1.165, 1.54) is 6.20 Å². The van der Waals surface area contributed by atoms with E-state index in [9.17, 15) is 4.79 Å². The van der Waals surface area contributed by atoms with Crippen molar-refractivity contribution in [2.24, 2.45) is 0 Å².